The number of nitrogens with zero attached hydrogens (tertiary/aromatic N) is 2. The van der Waals surface area contributed by atoms with Gasteiger partial charge in [0.1, 0.15) is 11.0 Å². The number of amides is 1. The molecule has 1 heterocycles. The molecule has 0 saturated carbocycles. The van der Waals surface area contributed by atoms with Crippen LogP contribution in [0.2, 0.25) is 0 Å². The first-order valence-electron chi connectivity index (χ1n) is 7.58. The third-order valence-electron chi connectivity index (χ3n) is 3.88. The summed E-state index contributed by atoms with van der Waals surface area (Å²) < 4.78 is 5.25. The van der Waals surface area contributed by atoms with Gasteiger partial charge in [0, 0.05) is 5.56 Å². The van der Waals surface area contributed by atoms with E-state index in [9.17, 15) is 9.59 Å². The molecule has 0 bridgehead atoms. The third-order valence-corrected chi connectivity index (χ3v) is 4.95. The molecule has 8 heteroatoms. The van der Waals surface area contributed by atoms with Crippen molar-refractivity contribution in [3.05, 3.63) is 29.3 Å². The maximum Gasteiger partial charge on any atom is 0.305 e. The van der Waals surface area contributed by atoms with Gasteiger partial charge in [-0.2, -0.15) is 5.10 Å². The number of ether oxygens (including phenoxy) is 1. The Morgan fingerprint density at radius 3 is 3.00 bits per heavy atom. The van der Waals surface area contributed by atoms with Crippen LogP contribution < -0.4 is 10.1 Å². The lowest BCUT2D eigenvalue weighted by atomic mass is 9.90. The number of hydrogen-bond donors (Lipinski definition) is 2. The van der Waals surface area contributed by atoms with Crippen molar-refractivity contribution in [2.75, 3.05) is 7.11 Å². The maximum absolute atomic E-state index is 11.7. The van der Waals surface area contributed by atoms with E-state index < -0.39 is 11.2 Å². The number of thioether (sulfide) groups is 1. The molecule has 0 aromatic heterocycles. The van der Waals surface area contributed by atoms with Crippen LogP contribution in [0, 0.1) is 0 Å². The van der Waals surface area contributed by atoms with E-state index in [1.165, 1.54) is 5.56 Å². The molecule has 0 spiro atoms. The Morgan fingerprint density at radius 1 is 1.42 bits per heavy atom. The molecule has 2 N–H and O–H groups in total. The Labute approximate surface area is 143 Å². The molecule has 1 amide bonds. The van der Waals surface area contributed by atoms with Gasteiger partial charge in [-0.3, -0.25) is 9.59 Å². The number of carbonyl (C=O) groups excluding carboxylic acids is 1. The molecule has 1 atom stereocenters. The van der Waals surface area contributed by atoms with Crippen molar-refractivity contribution in [1.82, 2.24) is 5.32 Å². The second-order valence-corrected chi connectivity index (χ2v) is 6.71. The zero-order valence-corrected chi connectivity index (χ0v) is 13.9. The Kier molecular flexibility index (Phi) is 4.84. The fraction of sp³-hybridized carbons (Fsp3) is 0.375. The molecule has 1 saturated heterocycles. The summed E-state index contributed by atoms with van der Waals surface area (Å²) in [5.74, 6) is -0.531. The molecular weight excluding hydrogens is 330 g/mol. The van der Waals surface area contributed by atoms with Crippen LogP contribution in [-0.2, 0) is 16.0 Å². The minimum Gasteiger partial charge on any atom is -0.497 e. The van der Waals surface area contributed by atoms with Crippen LogP contribution in [0.15, 0.2) is 28.4 Å². The quantitative estimate of drug-likeness (QED) is 0.809. The number of fused-ring (bicyclic) bond motifs is 1. The summed E-state index contributed by atoms with van der Waals surface area (Å²) in [5, 5.41) is 19.5. The molecular formula is C16H17N3O4S. The van der Waals surface area contributed by atoms with Crippen LogP contribution in [0.3, 0.4) is 0 Å². The van der Waals surface area contributed by atoms with E-state index in [0.717, 1.165) is 48.0 Å². The zero-order valence-electron chi connectivity index (χ0n) is 13.1. The molecule has 1 aliphatic carbocycles. The number of carboxylic acid groups (broad SMARTS) is 1. The van der Waals surface area contributed by atoms with Gasteiger partial charge in [-0.05, 0) is 43.0 Å². The minimum atomic E-state index is -1.01. The van der Waals surface area contributed by atoms with E-state index in [4.69, 9.17) is 9.84 Å². The summed E-state index contributed by atoms with van der Waals surface area (Å²) in [7, 11) is 1.64. The van der Waals surface area contributed by atoms with E-state index in [1.807, 2.05) is 18.2 Å². The SMILES string of the molecule is COc1ccc2c(c1)CCC/C2=N/N=C1\NC(=O)[C@H](CC(=O)O)S1. The lowest BCUT2D eigenvalue weighted by molar-refractivity contribution is -0.138. The van der Waals surface area contributed by atoms with Crippen LogP contribution in [-0.4, -0.2) is 40.2 Å². The summed E-state index contributed by atoms with van der Waals surface area (Å²) >= 11 is 1.10. The molecule has 0 unspecified atom stereocenters. The maximum atomic E-state index is 11.7. The first kappa shape index (κ1) is 16.5. The third kappa shape index (κ3) is 3.59. The summed E-state index contributed by atoms with van der Waals surface area (Å²) in [6, 6.07) is 5.87. The second-order valence-electron chi connectivity index (χ2n) is 5.52. The average molecular weight is 347 g/mol. The topological polar surface area (TPSA) is 100 Å². The Hall–Kier alpha value is -2.35. The van der Waals surface area contributed by atoms with E-state index >= 15 is 0 Å². The molecule has 7 nitrogen and oxygen atoms in total. The first-order chi connectivity index (χ1) is 11.6. The molecule has 1 aromatic carbocycles. The van der Waals surface area contributed by atoms with E-state index in [-0.39, 0.29) is 12.3 Å². The van der Waals surface area contributed by atoms with Crippen LogP contribution in [0.4, 0.5) is 0 Å². The van der Waals surface area contributed by atoms with E-state index in [0.29, 0.717) is 5.17 Å². The first-order valence-corrected chi connectivity index (χ1v) is 8.46. The van der Waals surface area contributed by atoms with E-state index in [1.54, 1.807) is 7.11 Å². The Morgan fingerprint density at radius 2 is 2.25 bits per heavy atom. The van der Waals surface area contributed by atoms with Crippen molar-refractivity contribution in [3.8, 4) is 5.75 Å². The van der Waals surface area contributed by atoms with Gasteiger partial charge in [-0.25, -0.2) is 0 Å². The number of aliphatic carboxylic acids is 1. The largest absolute Gasteiger partial charge is 0.497 e. The van der Waals surface area contributed by atoms with Gasteiger partial charge in [0.05, 0.1) is 19.2 Å². The fourth-order valence-corrected chi connectivity index (χ4v) is 3.63. The minimum absolute atomic E-state index is 0.227. The average Bonchev–Trinajstić information content (AvgIpc) is 2.91. The Bertz CT molecular complexity index is 745. The fourth-order valence-electron chi connectivity index (χ4n) is 2.72. The van der Waals surface area contributed by atoms with Crippen molar-refractivity contribution in [2.24, 2.45) is 10.2 Å². The van der Waals surface area contributed by atoms with Gasteiger partial charge in [-0.15, -0.1) is 5.10 Å². The normalized spacial score (nSPS) is 23.2. The number of nitrogens with one attached hydrogen (secondary N) is 1. The summed E-state index contributed by atoms with van der Waals surface area (Å²) in [4.78, 5) is 22.4. The number of methoxy groups -OCH3 is 1. The van der Waals surface area contributed by atoms with Crippen molar-refractivity contribution in [1.29, 1.82) is 0 Å². The van der Waals surface area contributed by atoms with Gasteiger partial charge in [0.15, 0.2) is 5.17 Å². The highest BCUT2D eigenvalue weighted by molar-refractivity contribution is 8.15. The number of amidine groups is 1. The second kappa shape index (κ2) is 7.04. The lowest BCUT2D eigenvalue weighted by Gasteiger charge is -2.17. The van der Waals surface area contributed by atoms with Crippen molar-refractivity contribution >= 4 is 34.5 Å². The number of benzene rings is 1. The van der Waals surface area contributed by atoms with Gasteiger partial charge < -0.3 is 15.2 Å². The number of aryl methyl sites for hydroxylation is 1. The van der Waals surface area contributed by atoms with Crippen LogP contribution in [0.1, 0.15) is 30.4 Å². The van der Waals surface area contributed by atoms with Crippen molar-refractivity contribution < 1.29 is 19.4 Å². The summed E-state index contributed by atoms with van der Waals surface area (Å²) in [5.41, 5.74) is 3.08. The molecule has 24 heavy (non-hydrogen) atoms. The highest BCUT2D eigenvalue weighted by atomic mass is 32.2. The highest BCUT2D eigenvalue weighted by Crippen LogP contribution is 2.27. The monoisotopic (exact) mass is 347 g/mol. The molecule has 0 radical (unpaired) electrons. The number of carboxylic acids is 1. The predicted octanol–water partition coefficient (Wildman–Crippen LogP) is 1.80. The van der Waals surface area contributed by atoms with Crippen LogP contribution >= 0.6 is 11.8 Å². The molecule has 1 aliphatic heterocycles. The summed E-state index contributed by atoms with van der Waals surface area (Å²) in [6.07, 6.45) is 2.53. The molecule has 1 aromatic rings. The van der Waals surface area contributed by atoms with Gasteiger partial charge in [0.2, 0.25) is 5.91 Å². The number of carbonyl (C=O) groups is 2. The van der Waals surface area contributed by atoms with E-state index in [2.05, 4.69) is 15.5 Å². The van der Waals surface area contributed by atoms with Crippen molar-refractivity contribution in [2.45, 2.75) is 30.9 Å². The predicted molar refractivity (Wildman–Crippen MR) is 91.7 cm³/mol. The smallest absolute Gasteiger partial charge is 0.305 e. The lowest BCUT2D eigenvalue weighted by Crippen LogP contribution is -2.26. The van der Waals surface area contributed by atoms with Gasteiger partial charge >= 0.3 is 5.97 Å². The number of hydrogen-bond acceptors (Lipinski definition) is 6. The highest BCUT2D eigenvalue weighted by Gasteiger charge is 2.32. The molecule has 2 aliphatic rings. The molecule has 1 fully saturated rings. The molecule has 3 rings (SSSR count). The van der Waals surface area contributed by atoms with Crippen LogP contribution in [0.25, 0.3) is 0 Å². The number of rotatable bonds is 4. The zero-order chi connectivity index (χ0) is 17.1. The standard InChI is InChI=1S/C16H17N3O4S/c1-23-10-5-6-11-9(7-10)3-2-4-12(11)18-19-16-17-15(22)13(24-16)8-14(20)21/h5-7,13H,2-4,8H2,1H3,(H,20,21)(H,17,19,22)/b18-12-/t13-/m0/s1. The van der Waals surface area contributed by atoms with Gasteiger partial charge in [0.25, 0.3) is 0 Å². The summed E-state index contributed by atoms with van der Waals surface area (Å²) in [6.45, 7) is 0. The Balaban J connectivity index is 1.79. The van der Waals surface area contributed by atoms with Crippen LogP contribution in [0.5, 0.6) is 5.75 Å². The van der Waals surface area contributed by atoms with Gasteiger partial charge in [-0.1, -0.05) is 11.8 Å². The molecule has 126 valence electrons. The van der Waals surface area contributed by atoms with Crippen molar-refractivity contribution in [3.63, 3.8) is 0 Å².